The Morgan fingerprint density at radius 1 is 0.485 bits per heavy atom. The van der Waals surface area contributed by atoms with E-state index in [4.69, 9.17) is 18.5 Å². The van der Waals surface area contributed by atoms with E-state index in [1.54, 1.807) is 0 Å². The maximum absolute atomic E-state index is 12.8. The third kappa shape index (κ3) is 51.1. The van der Waals surface area contributed by atoms with Gasteiger partial charge in [-0.1, -0.05) is 203 Å². The Hall–Kier alpha value is -2.29. The molecule has 384 valence electrons. The standard InChI is InChI=1S/C56H102NO8P/c1-6-8-10-12-14-16-18-20-22-24-26-27-28-29-31-33-35-37-39-41-43-45-47-49-56(59)65-54(53-64-66(60,61)63-51-50-57(3,4)5)52-62-55(58)48-46-44-42-40-38-36-34-32-30-25-23-21-19-17-15-13-11-9-7-2/h8,10,14,16,20-23,26-27,54H,6-7,9,11-13,15,17-19,24-25,28-53H2,1-5H3/p+1/b10-8-,16-14-,22-20-,23-21-,27-26-. The van der Waals surface area contributed by atoms with Crippen LogP contribution in [-0.2, 0) is 32.7 Å². The number of likely N-dealkylation sites (N-methyl/N-ethyl adjacent to an activating group) is 1. The number of carbonyl (C=O) groups is 2. The number of phosphoric acid groups is 1. The molecule has 0 fully saturated rings. The van der Waals surface area contributed by atoms with Crippen LogP contribution in [0.25, 0.3) is 0 Å². The monoisotopic (exact) mass is 949 g/mol. The van der Waals surface area contributed by atoms with Gasteiger partial charge in [0, 0.05) is 12.8 Å². The lowest BCUT2D eigenvalue weighted by Gasteiger charge is -2.24. The molecule has 0 aliphatic carbocycles. The molecule has 0 aromatic heterocycles. The Kier molecular flexibility index (Phi) is 46.1. The highest BCUT2D eigenvalue weighted by Crippen LogP contribution is 2.43. The van der Waals surface area contributed by atoms with E-state index in [1.165, 1.54) is 128 Å². The topological polar surface area (TPSA) is 108 Å². The van der Waals surface area contributed by atoms with Crippen LogP contribution in [0.1, 0.15) is 232 Å². The summed E-state index contributed by atoms with van der Waals surface area (Å²) in [5.41, 5.74) is 0. The molecule has 66 heavy (non-hydrogen) atoms. The Bertz CT molecular complexity index is 1300. The first-order valence-electron chi connectivity index (χ1n) is 27.0. The zero-order valence-corrected chi connectivity index (χ0v) is 44.3. The largest absolute Gasteiger partial charge is 0.472 e. The van der Waals surface area contributed by atoms with Gasteiger partial charge in [0.1, 0.15) is 19.8 Å². The minimum absolute atomic E-state index is 0.0290. The first kappa shape index (κ1) is 63.7. The fraction of sp³-hybridized carbons (Fsp3) is 0.786. The van der Waals surface area contributed by atoms with Gasteiger partial charge in [-0.25, -0.2) is 4.57 Å². The summed E-state index contributed by atoms with van der Waals surface area (Å²) in [6, 6.07) is 0. The third-order valence-corrected chi connectivity index (χ3v) is 12.5. The lowest BCUT2D eigenvalue weighted by atomic mass is 10.0. The first-order chi connectivity index (χ1) is 32.0. The molecule has 0 rings (SSSR count). The van der Waals surface area contributed by atoms with Crippen molar-refractivity contribution >= 4 is 19.8 Å². The number of rotatable bonds is 49. The molecule has 0 aromatic rings. The fourth-order valence-corrected chi connectivity index (χ4v) is 8.10. The molecule has 0 amide bonds. The molecule has 0 aliphatic rings. The number of phosphoric ester groups is 1. The van der Waals surface area contributed by atoms with Crippen LogP contribution < -0.4 is 0 Å². The van der Waals surface area contributed by atoms with Gasteiger partial charge in [0.05, 0.1) is 27.7 Å². The van der Waals surface area contributed by atoms with Gasteiger partial charge in [-0.15, -0.1) is 0 Å². The van der Waals surface area contributed by atoms with Crippen molar-refractivity contribution in [1.29, 1.82) is 0 Å². The highest BCUT2D eigenvalue weighted by Gasteiger charge is 2.27. The molecule has 2 unspecified atom stereocenters. The number of unbranched alkanes of at least 4 members (excludes halogenated alkanes) is 25. The van der Waals surface area contributed by atoms with Gasteiger partial charge in [0.15, 0.2) is 6.10 Å². The number of esters is 2. The molecular weight excluding hydrogens is 846 g/mol. The van der Waals surface area contributed by atoms with E-state index >= 15 is 0 Å². The lowest BCUT2D eigenvalue weighted by Crippen LogP contribution is -2.37. The SMILES string of the molecule is CC/C=C\C/C=C\C/C=C\C/C=C\CCCCCCCCCCCCC(=O)OC(COC(=O)CCCCCCCCCCC/C=C\CCCCCCCC)COP(=O)(O)OCC[N+](C)(C)C. The summed E-state index contributed by atoms with van der Waals surface area (Å²) in [6.07, 6.45) is 59.8. The molecule has 10 heteroatoms. The van der Waals surface area contributed by atoms with E-state index in [0.29, 0.717) is 17.4 Å². The molecule has 2 atom stereocenters. The summed E-state index contributed by atoms with van der Waals surface area (Å²) >= 11 is 0. The second kappa shape index (κ2) is 47.8. The van der Waals surface area contributed by atoms with Gasteiger partial charge in [0.25, 0.3) is 0 Å². The van der Waals surface area contributed by atoms with E-state index in [9.17, 15) is 19.0 Å². The summed E-state index contributed by atoms with van der Waals surface area (Å²) in [6.45, 7) is 4.32. The second-order valence-electron chi connectivity index (χ2n) is 19.2. The number of carbonyl (C=O) groups excluding carboxylic acids is 2. The van der Waals surface area contributed by atoms with E-state index in [-0.39, 0.29) is 32.0 Å². The molecule has 0 heterocycles. The van der Waals surface area contributed by atoms with Gasteiger partial charge in [-0.2, -0.15) is 0 Å². The van der Waals surface area contributed by atoms with Crippen LogP contribution in [0.5, 0.6) is 0 Å². The molecule has 0 spiro atoms. The zero-order valence-electron chi connectivity index (χ0n) is 43.4. The van der Waals surface area contributed by atoms with Gasteiger partial charge in [0.2, 0.25) is 0 Å². The average Bonchev–Trinajstić information content (AvgIpc) is 3.27. The van der Waals surface area contributed by atoms with Crippen molar-refractivity contribution in [3.8, 4) is 0 Å². The van der Waals surface area contributed by atoms with Crippen LogP contribution in [0, 0.1) is 0 Å². The quantitative estimate of drug-likeness (QED) is 0.0211. The van der Waals surface area contributed by atoms with Gasteiger partial charge in [-0.05, 0) is 77.0 Å². The zero-order chi connectivity index (χ0) is 48.5. The molecule has 0 bridgehead atoms. The molecular formula is C56H103NO8P+. The number of quaternary nitrogens is 1. The maximum atomic E-state index is 12.8. The van der Waals surface area contributed by atoms with Gasteiger partial charge in [-0.3, -0.25) is 18.6 Å². The maximum Gasteiger partial charge on any atom is 0.472 e. The Balaban J connectivity index is 4.22. The van der Waals surface area contributed by atoms with E-state index in [0.717, 1.165) is 70.6 Å². The number of ether oxygens (including phenoxy) is 2. The summed E-state index contributed by atoms with van der Waals surface area (Å²) in [7, 11) is 1.47. The van der Waals surface area contributed by atoms with E-state index in [1.807, 2.05) is 21.1 Å². The number of nitrogens with zero attached hydrogens (tertiary/aromatic N) is 1. The van der Waals surface area contributed by atoms with Crippen LogP contribution >= 0.6 is 7.82 Å². The summed E-state index contributed by atoms with van der Waals surface area (Å²) < 4.78 is 34.5. The average molecular weight is 949 g/mol. The Labute approximate surface area is 406 Å². The van der Waals surface area contributed by atoms with Crippen LogP contribution in [-0.4, -0.2) is 74.9 Å². The molecule has 9 nitrogen and oxygen atoms in total. The molecule has 0 radical (unpaired) electrons. The second-order valence-corrected chi connectivity index (χ2v) is 20.7. The highest BCUT2D eigenvalue weighted by molar-refractivity contribution is 7.47. The van der Waals surface area contributed by atoms with Crippen molar-refractivity contribution in [3.05, 3.63) is 60.8 Å². The van der Waals surface area contributed by atoms with E-state index < -0.39 is 26.5 Å². The van der Waals surface area contributed by atoms with Crippen molar-refractivity contribution in [2.75, 3.05) is 47.5 Å². The van der Waals surface area contributed by atoms with E-state index in [2.05, 4.69) is 74.6 Å². The third-order valence-electron chi connectivity index (χ3n) is 11.5. The van der Waals surface area contributed by atoms with Crippen molar-refractivity contribution in [1.82, 2.24) is 0 Å². The highest BCUT2D eigenvalue weighted by atomic mass is 31.2. The normalized spacial score (nSPS) is 13.8. The molecule has 0 aromatic carbocycles. The number of hydrogen-bond acceptors (Lipinski definition) is 7. The van der Waals surface area contributed by atoms with Crippen molar-refractivity contribution < 1.29 is 42.1 Å². The predicted octanol–water partition coefficient (Wildman–Crippen LogP) is 16.4. The molecule has 0 saturated heterocycles. The Morgan fingerprint density at radius 2 is 0.864 bits per heavy atom. The fourth-order valence-electron chi connectivity index (χ4n) is 7.35. The lowest BCUT2D eigenvalue weighted by molar-refractivity contribution is -0.870. The number of allylic oxidation sites excluding steroid dienone is 10. The number of hydrogen-bond donors (Lipinski definition) is 1. The van der Waals surface area contributed by atoms with Crippen LogP contribution in [0.15, 0.2) is 60.8 Å². The van der Waals surface area contributed by atoms with Crippen molar-refractivity contribution in [2.45, 2.75) is 238 Å². The molecule has 0 saturated carbocycles. The first-order valence-corrected chi connectivity index (χ1v) is 28.5. The van der Waals surface area contributed by atoms with Gasteiger partial charge >= 0.3 is 19.8 Å². The minimum atomic E-state index is -4.39. The summed E-state index contributed by atoms with van der Waals surface area (Å²) in [5, 5.41) is 0. The van der Waals surface area contributed by atoms with Gasteiger partial charge < -0.3 is 18.9 Å². The van der Waals surface area contributed by atoms with Crippen molar-refractivity contribution in [3.63, 3.8) is 0 Å². The smallest absolute Gasteiger partial charge is 0.462 e. The molecule has 0 aliphatic heterocycles. The Morgan fingerprint density at radius 3 is 1.30 bits per heavy atom. The van der Waals surface area contributed by atoms with Crippen molar-refractivity contribution in [2.24, 2.45) is 0 Å². The van der Waals surface area contributed by atoms with Crippen LogP contribution in [0.3, 0.4) is 0 Å². The predicted molar refractivity (Wildman–Crippen MR) is 279 cm³/mol. The van der Waals surface area contributed by atoms with Crippen LogP contribution in [0.4, 0.5) is 0 Å². The summed E-state index contributed by atoms with van der Waals surface area (Å²) in [4.78, 5) is 35.6. The van der Waals surface area contributed by atoms with Crippen LogP contribution in [0.2, 0.25) is 0 Å². The minimum Gasteiger partial charge on any atom is -0.462 e. The molecule has 1 N–H and O–H groups in total. The summed E-state index contributed by atoms with van der Waals surface area (Å²) in [5.74, 6) is -0.801.